The van der Waals surface area contributed by atoms with E-state index in [0.717, 1.165) is 19.4 Å². The highest BCUT2D eigenvalue weighted by Gasteiger charge is 2.30. The number of ether oxygens (including phenoxy) is 1. The first kappa shape index (κ1) is 8.44. The summed E-state index contributed by atoms with van der Waals surface area (Å²) in [6.07, 6.45) is 5.71. The van der Waals surface area contributed by atoms with Gasteiger partial charge in [0.2, 0.25) is 0 Å². The highest BCUT2D eigenvalue weighted by molar-refractivity contribution is 4.96. The maximum absolute atomic E-state index is 5.50. The third-order valence-electron chi connectivity index (χ3n) is 2.34. The van der Waals surface area contributed by atoms with E-state index in [1.165, 1.54) is 0 Å². The Labute approximate surface area is 77.1 Å². The molecule has 0 saturated heterocycles. The number of nitrogens with zero attached hydrogens (tertiary/aromatic N) is 2. The normalized spacial score (nSPS) is 26.5. The summed E-state index contributed by atoms with van der Waals surface area (Å²) < 4.78 is 5.50. The van der Waals surface area contributed by atoms with E-state index in [4.69, 9.17) is 10.5 Å². The zero-order valence-electron chi connectivity index (χ0n) is 7.39. The van der Waals surface area contributed by atoms with Crippen molar-refractivity contribution < 1.29 is 4.74 Å². The first-order valence-electron chi connectivity index (χ1n) is 4.52. The molecule has 0 amide bonds. The van der Waals surface area contributed by atoms with Crippen LogP contribution in [0.4, 0.5) is 0 Å². The third kappa shape index (κ3) is 1.95. The van der Waals surface area contributed by atoms with Gasteiger partial charge >= 0.3 is 6.01 Å². The average molecular weight is 179 g/mol. The standard InChI is InChI=1S/C9H13N3O/c10-6-7-4-8(5-7)13-9-11-2-1-3-12-9/h1-3,7-8H,4-6,10H2. The molecule has 0 aliphatic heterocycles. The van der Waals surface area contributed by atoms with Gasteiger partial charge in [-0.1, -0.05) is 0 Å². The smallest absolute Gasteiger partial charge is 0.316 e. The van der Waals surface area contributed by atoms with Crippen LogP contribution in [-0.4, -0.2) is 22.6 Å². The summed E-state index contributed by atoms with van der Waals surface area (Å²) in [6.45, 7) is 0.759. The van der Waals surface area contributed by atoms with Gasteiger partial charge in [0, 0.05) is 12.4 Å². The summed E-state index contributed by atoms with van der Waals surface area (Å²) in [5.41, 5.74) is 5.50. The minimum absolute atomic E-state index is 0.274. The highest BCUT2D eigenvalue weighted by atomic mass is 16.5. The van der Waals surface area contributed by atoms with E-state index in [0.29, 0.717) is 11.9 Å². The number of hydrogen-bond donors (Lipinski definition) is 1. The Hall–Kier alpha value is -1.16. The highest BCUT2D eigenvalue weighted by Crippen LogP contribution is 2.28. The first-order valence-corrected chi connectivity index (χ1v) is 4.52. The van der Waals surface area contributed by atoms with E-state index >= 15 is 0 Å². The van der Waals surface area contributed by atoms with Crippen molar-refractivity contribution in [2.45, 2.75) is 18.9 Å². The minimum atomic E-state index is 0.274. The van der Waals surface area contributed by atoms with Crippen molar-refractivity contribution in [3.8, 4) is 6.01 Å². The summed E-state index contributed by atoms with van der Waals surface area (Å²) in [7, 11) is 0. The van der Waals surface area contributed by atoms with Gasteiger partial charge in [0.15, 0.2) is 0 Å². The fourth-order valence-corrected chi connectivity index (χ4v) is 1.46. The van der Waals surface area contributed by atoms with Crippen molar-refractivity contribution in [1.82, 2.24) is 9.97 Å². The van der Waals surface area contributed by atoms with Crippen molar-refractivity contribution in [2.24, 2.45) is 11.7 Å². The first-order chi connectivity index (χ1) is 6.38. The quantitative estimate of drug-likeness (QED) is 0.737. The van der Waals surface area contributed by atoms with Crippen LogP contribution in [0.5, 0.6) is 6.01 Å². The summed E-state index contributed by atoms with van der Waals surface area (Å²) in [5.74, 6) is 0.633. The summed E-state index contributed by atoms with van der Waals surface area (Å²) >= 11 is 0. The van der Waals surface area contributed by atoms with Gasteiger partial charge in [0.1, 0.15) is 6.10 Å². The zero-order valence-corrected chi connectivity index (χ0v) is 7.39. The SMILES string of the molecule is NCC1CC(Oc2ncccn2)C1. The lowest BCUT2D eigenvalue weighted by atomic mass is 9.82. The van der Waals surface area contributed by atoms with E-state index in [2.05, 4.69) is 9.97 Å². The molecule has 1 fully saturated rings. The zero-order chi connectivity index (χ0) is 9.10. The molecule has 0 unspecified atom stereocenters. The Morgan fingerprint density at radius 2 is 2.08 bits per heavy atom. The molecular weight excluding hydrogens is 166 g/mol. The van der Waals surface area contributed by atoms with E-state index in [1.807, 2.05) is 0 Å². The Morgan fingerprint density at radius 1 is 1.38 bits per heavy atom. The average Bonchev–Trinajstić information content (AvgIpc) is 2.12. The van der Waals surface area contributed by atoms with Crippen molar-refractivity contribution in [3.63, 3.8) is 0 Å². The van der Waals surface area contributed by atoms with Crippen LogP contribution in [-0.2, 0) is 0 Å². The molecule has 0 spiro atoms. The number of rotatable bonds is 3. The van der Waals surface area contributed by atoms with E-state index in [9.17, 15) is 0 Å². The summed E-state index contributed by atoms with van der Waals surface area (Å²) in [6, 6.07) is 2.25. The molecule has 1 aromatic heterocycles. The predicted octanol–water partition coefficient (Wildman–Crippen LogP) is 0.593. The second-order valence-corrected chi connectivity index (χ2v) is 3.34. The fraction of sp³-hybridized carbons (Fsp3) is 0.556. The van der Waals surface area contributed by atoms with Crippen molar-refractivity contribution >= 4 is 0 Å². The summed E-state index contributed by atoms with van der Waals surface area (Å²) in [5, 5.41) is 0. The van der Waals surface area contributed by atoms with Crippen molar-refractivity contribution in [2.75, 3.05) is 6.54 Å². The molecule has 1 heterocycles. The largest absolute Gasteiger partial charge is 0.460 e. The third-order valence-corrected chi connectivity index (χ3v) is 2.34. The number of nitrogens with two attached hydrogens (primary N) is 1. The molecule has 2 N–H and O–H groups in total. The molecule has 0 radical (unpaired) electrons. The topological polar surface area (TPSA) is 61.0 Å². The minimum Gasteiger partial charge on any atom is -0.460 e. The molecule has 70 valence electrons. The molecule has 2 rings (SSSR count). The van der Waals surface area contributed by atoms with Crippen molar-refractivity contribution in [3.05, 3.63) is 18.5 Å². The molecule has 0 atom stereocenters. The predicted molar refractivity (Wildman–Crippen MR) is 48.2 cm³/mol. The van der Waals surface area contributed by atoms with Crippen LogP contribution in [0, 0.1) is 5.92 Å². The monoisotopic (exact) mass is 179 g/mol. The van der Waals surface area contributed by atoms with Crippen molar-refractivity contribution in [1.29, 1.82) is 0 Å². The molecule has 1 aliphatic rings. The van der Waals surface area contributed by atoms with Crippen LogP contribution in [0.1, 0.15) is 12.8 Å². The Bertz CT molecular complexity index is 259. The molecule has 0 aromatic carbocycles. The van der Waals surface area contributed by atoms with Gasteiger partial charge in [-0.15, -0.1) is 0 Å². The van der Waals surface area contributed by atoms with Gasteiger partial charge in [0.05, 0.1) is 0 Å². The van der Waals surface area contributed by atoms with Crippen LogP contribution in [0.2, 0.25) is 0 Å². The molecule has 1 aromatic rings. The molecule has 4 heteroatoms. The van der Waals surface area contributed by atoms with Crippen LogP contribution in [0.15, 0.2) is 18.5 Å². The molecule has 0 bridgehead atoms. The van der Waals surface area contributed by atoms with Crippen LogP contribution in [0.25, 0.3) is 0 Å². The Morgan fingerprint density at radius 3 is 2.69 bits per heavy atom. The Kier molecular flexibility index (Phi) is 2.40. The molecule has 1 aliphatic carbocycles. The summed E-state index contributed by atoms with van der Waals surface area (Å²) in [4.78, 5) is 7.97. The van der Waals surface area contributed by atoms with E-state index < -0.39 is 0 Å². The lowest BCUT2D eigenvalue weighted by Gasteiger charge is -2.33. The van der Waals surface area contributed by atoms with Crippen LogP contribution >= 0.6 is 0 Å². The molecule has 4 nitrogen and oxygen atoms in total. The van der Waals surface area contributed by atoms with Crippen LogP contribution in [0.3, 0.4) is 0 Å². The Balaban J connectivity index is 1.81. The van der Waals surface area contributed by atoms with Gasteiger partial charge in [0.25, 0.3) is 0 Å². The van der Waals surface area contributed by atoms with Gasteiger partial charge in [-0.05, 0) is 31.4 Å². The molecule has 13 heavy (non-hydrogen) atoms. The number of aromatic nitrogens is 2. The van der Waals surface area contributed by atoms with Crippen LogP contribution < -0.4 is 10.5 Å². The molecule has 1 saturated carbocycles. The van der Waals surface area contributed by atoms with E-state index in [-0.39, 0.29) is 6.10 Å². The van der Waals surface area contributed by atoms with Gasteiger partial charge in [-0.3, -0.25) is 0 Å². The maximum atomic E-state index is 5.50. The van der Waals surface area contributed by atoms with Gasteiger partial charge < -0.3 is 10.5 Å². The second kappa shape index (κ2) is 3.70. The maximum Gasteiger partial charge on any atom is 0.316 e. The second-order valence-electron chi connectivity index (χ2n) is 3.34. The lowest BCUT2D eigenvalue weighted by molar-refractivity contribution is 0.0603. The number of hydrogen-bond acceptors (Lipinski definition) is 4. The van der Waals surface area contributed by atoms with E-state index in [1.54, 1.807) is 18.5 Å². The molecular formula is C9H13N3O. The van der Waals surface area contributed by atoms with Gasteiger partial charge in [-0.25, -0.2) is 9.97 Å². The fourth-order valence-electron chi connectivity index (χ4n) is 1.46. The van der Waals surface area contributed by atoms with Gasteiger partial charge in [-0.2, -0.15) is 0 Å². The lowest BCUT2D eigenvalue weighted by Crippen LogP contribution is -2.38.